The predicted octanol–water partition coefficient (Wildman–Crippen LogP) is 6.59. The van der Waals surface area contributed by atoms with Crippen molar-refractivity contribution in [2.24, 2.45) is 0 Å². The van der Waals surface area contributed by atoms with Crippen LogP contribution in [-0.4, -0.2) is 64.7 Å². The van der Waals surface area contributed by atoms with Crippen molar-refractivity contribution in [2.75, 3.05) is 41.6 Å². The van der Waals surface area contributed by atoms with Gasteiger partial charge >= 0.3 is 12.4 Å². The largest absolute Gasteiger partial charge is 0.418 e. The van der Waals surface area contributed by atoms with Gasteiger partial charge in [-0.3, -0.25) is 10.4 Å². The Balaban J connectivity index is 1.22. The van der Waals surface area contributed by atoms with E-state index in [1.54, 1.807) is 0 Å². The van der Waals surface area contributed by atoms with Crippen LogP contribution in [0.5, 0.6) is 0 Å². The second-order valence-corrected chi connectivity index (χ2v) is 10.7. The first-order chi connectivity index (χ1) is 19.2. The number of ether oxygens (including phenoxy) is 1. The average Bonchev–Trinajstić information content (AvgIpc) is 2.93. The molecule has 1 atom stereocenters. The molecule has 2 fully saturated rings. The fourth-order valence-electron chi connectivity index (χ4n) is 5.26. The lowest BCUT2D eigenvalue weighted by molar-refractivity contribution is -0.139. The molecule has 1 saturated heterocycles. The van der Waals surface area contributed by atoms with Gasteiger partial charge in [0.2, 0.25) is 0 Å². The third kappa shape index (κ3) is 7.93. The predicted molar refractivity (Wildman–Crippen MR) is 146 cm³/mol. The summed E-state index contributed by atoms with van der Waals surface area (Å²) >= 11 is 5.67. The molecule has 0 aromatic heterocycles. The molecule has 0 spiro atoms. The summed E-state index contributed by atoms with van der Waals surface area (Å²) in [5.41, 5.74) is -1.63. The Kier molecular flexibility index (Phi) is 9.56. The monoisotopic (exact) mass is 606 g/mol. The third-order valence-electron chi connectivity index (χ3n) is 7.46. The fraction of sp³-hybridized carbons (Fsp3) is 0.519. The van der Waals surface area contributed by atoms with Crippen molar-refractivity contribution in [3.8, 4) is 0 Å². The molecular formula is C27H32F6N4O3S. The fourth-order valence-corrected chi connectivity index (χ4v) is 5.49. The van der Waals surface area contributed by atoms with E-state index < -0.39 is 34.4 Å². The minimum atomic E-state index is -4.76. The number of benzene rings is 2. The number of piperazine rings is 1. The van der Waals surface area contributed by atoms with E-state index in [4.69, 9.17) is 27.4 Å². The molecule has 0 bridgehead atoms. The summed E-state index contributed by atoms with van der Waals surface area (Å²) in [5.74, 6) is 0. The maximum absolute atomic E-state index is 13.3. The van der Waals surface area contributed by atoms with Crippen LogP contribution in [0.2, 0.25) is 0 Å². The molecule has 1 saturated carbocycles. The highest BCUT2D eigenvalue weighted by atomic mass is 32.1. The first-order valence-corrected chi connectivity index (χ1v) is 13.7. The number of thiocarbonyl (C=S) groups is 1. The minimum Gasteiger partial charge on any atom is -0.382 e. The summed E-state index contributed by atoms with van der Waals surface area (Å²) < 4.78 is 84.8. The van der Waals surface area contributed by atoms with Crippen LogP contribution in [0.1, 0.15) is 43.7 Å². The molecule has 4 rings (SSSR count). The molecule has 3 N–H and O–H groups in total. The molecule has 1 aliphatic carbocycles. The highest BCUT2D eigenvalue weighted by Crippen LogP contribution is 2.38. The van der Waals surface area contributed by atoms with Crippen molar-refractivity contribution in [3.05, 3.63) is 53.6 Å². The van der Waals surface area contributed by atoms with Crippen LogP contribution >= 0.6 is 12.2 Å². The average molecular weight is 607 g/mol. The van der Waals surface area contributed by atoms with Crippen molar-refractivity contribution < 1.29 is 41.5 Å². The molecule has 2 aromatic carbocycles. The molecule has 7 nitrogen and oxygen atoms in total. The van der Waals surface area contributed by atoms with Crippen LogP contribution in [-0.2, 0) is 17.1 Å². The second kappa shape index (κ2) is 12.6. The zero-order chi connectivity index (χ0) is 29.9. The number of halogens is 6. The van der Waals surface area contributed by atoms with Crippen LogP contribution < -0.4 is 15.4 Å². The summed E-state index contributed by atoms with van der Waals surface area (Å²) in [6.45, 7) is 4.35. The van der Waals surface area contributed by atoms with E-state index in [-0.39, 0.29) is 23.9 Å². The highest BCUT2D eigenvalue weighted by molar-refractivity contribution is 7.80. The molecule has 1 aliphatic heterocycles. The number of hydrogen-bond donors (Lipinski definition) is 3. The Hall–Kier alpha value is -2.81. The molecule has 2 aliphatic rings. The van der Waals surface area contributed by atoms with Gasteiger partial charge in [0.15, 0.2) is 0 Å². The topological polar surface area (TPSA) is 71.4 Å². The molecule has 0 radical (unpaired) electrons. The number of nitrogens with zero attached hydrogens (tertiary/aromatic N) is 3. The van der Waals surface area contributed by atoms with Gasteiger partial charge in [0.1, 0.15) is 16.8 Å². The Morgan fingerprint density at radius 1 is 0.927 bits per heavy atom. The number of rotatable bonds is 7. The summed E-state index contributed by atoms with van der Waals surface area (Å²) in [4.78, 5) is 4.74. The van der Waals surface area contributed by atoms with E-state index in [1.807, 2.05) is 11.8 Å². The van der Waals surface area contributed by atoms with Crippen molar-refractivity contribution >= 4 is 34.3 Å². The summed E-state index contributed by atoms with van der Waals surface area (Å²) in [6.07, 6.45) is -6.77. The minimum absolute atomic E-state index is 0.0557. The smallest absolute Gasteiger partial charge is 0.382 e. The van der Waals surface area contributed by atoms with Crippen LogP contribution in [0.25, 0.3) is 0 Å². The van der Waals surface area contributed by atoms with Crippen LogP contribution in [0.15, 0.2) is 42.5 Å². The Morgan fingerprint density at radius 3 is 2.07 bits per heavy atom. The van der Waals surface area contributed by atoms with E-state index in [2.05, 4.69) is 10.2 Å². The van der Waals surface area contributed by atoms with E-state index in [0.717, 1.165) is 30.0 Å². The van der Waals surface area contributed by atoms with Crippen molar-refractivity contribution in [1.82, 2.24) is 4.90 Å². The Labute approximate surface area is 239 Å². The Morgan fingerprint density at radius 2 is 1.54 bits per heavy atom. The maximum atomic E-state index is 13.3. The van der Waals surface area contributed by atoms with Gasteiger partial charge in [-0.1, -0.05) is 12.2 Å². The molecule has 41 heavy (non-hydrogen) atoms. The SMILES string of the molecule is CC(OC1CCC(Nc2ccc(N(O)O)c(C(F)(F)F)c2)CC1)C(=S)N1CCN(c2ccc(C(F)(F)F)cc2)CC1. The van der Waals surface area contributed by atoms with Gasteiger partial charge in [-0.15, -0.1) is 5.23 Å². The number of alkyl halides is 6. The number of anilines is 3. The standard InChI is InChI=1S/C27H32F6N4O3S/c1-17(25(41)36-14-12-35(13-15-36)21-7-2-18(3-8-21)26(28,29)30)40-22-9-4-19(5-10-22)34-20-6-11-24(37(38)39)23(16-20)27(31,32)33/h2-3,6-8,11,16-17,19,22,34,38-39H,4-5,9-10,12-15H2,1H3. The third-order valence-corrected chi connectivity index (χ3v) is 8.05. The van der Waals surface area contributed by atoms with Gasteiger partial charge in [-0.2, -0.15) is 26.3 Å². The molecular weight excluding hydrogens is 574 g/mol. The van der Waals surface area contributed by atoms with Gasteiger partial charge in [0.05, 0.1) is 17.2 Å². The first kappa shape index (κ1) is 31.1. The lowest BCUT2D eigenvalue weighted by Crippen LogP contribution is -2.51. The van der Waals surface area contributed by atoms with Crippen LogP contribution in [0, 0.1) is 0 Å². The van der Waals surface area contributed by atoms with Crippen molar-refractivity contribution in [2.45, 2.75) is 63.2 Å². The zero-order valence-corrected chi connectivity index (χ0v) is 23.1. The molecule has 226 valence electrons. The van der Waals surface area contributed by atoms with Crippen LogP contribution in [0.4, 0.5) is 43.4 Å². The van der Waals surface area contributed by atoms with E-state index >= 15 is 0 Å². The van der Waals surface area contributed by atoms with Crippen LogP contribution in [0.3, 0.4) is 0 Å². The van der Waals surface area contributed by atoms with Crippen molar-refractivity contribution in [3.63, 3.8) is 0 Å². The highest BCUT2D eigenvalue weighted by Gasteiger charge is 2.36. The number of nitrogens with one attached hydrogen (secondary N) is 1. The molecule has 1 heterocycles. The molecule has 1 unspecified atom stereocenters. The van der Waals surface area contributed by atoms with Gasteiger partial charge in [0, 0.05) is 43.6 Å². The van der Waals surface area contributed by atoms with E-state index in [1.165, 1.54) is 18.2 Å². The molecule has 14 heteroatoms. The zero-order valence-electron chi connectivity index (χ0n) is 22.3. The summed E-state index contributed by atoms with van der Waals surface area (Å²) in [5, 5.41) is 20.8. The van der Waals surface area contributed by atoms with E-state index in [0.29, 0.717) is 56.9 Å². The lowest BCUT2D eigenvalue weighted by Gasteiger charge is -2.39. The maximum Gasteiger partial charge on any atom is 0.418 e. The summed E-state index contributed by atoms with van der Waals surface area (Å²) in [7, 11) is 0. The quantitative estimate of drug-likeness (QED) is 0.185. The number of hydrogen-bond acceptors (Lipinski definition) is 7. The van der Waals surface area contributed by atoms with Gasteiger partial charge in [-0.05, 0) is 75.1 Å². The first-order valence-electron chi connectivity index (χ1n) is 13.2. The van der Waals surface area contributed by atoms with Crippen molar-refractivity contribution in [1.29, 1.82) is 0 Å². The lowest BCUT2D eigenvalue weighted by atomic mass is 9.92. The normalized spacial score (nSPS) is 21.0. The molecule has 2 aromatic rings. The molecule has 0 amide bonds. The van der Waals surface area contributed by atoms with Gasteiger partial charge in [0.25, 0.3) is 0 Å². The second-order valence-electron chi connectivity index (χ2n) is 10.3. The van der Waals surface area contributed by atoms with E-state index in [9.17, 15) is 26.3 Å². The van der Waals surface area contributed by atoms with Gasteiger partial charge in [-0.25, -0.2) is 0 Å². The Bertz CT molecular complexity index is 1180. The summed E-state index contributed by atoms with van der Waals surface area (Å²) in [6, 6.07) is 8.28. The van der Waals surface area contributed by atoms with Gasteiger partial charge < -0.3 is 19.9 Å².